The minimum Gasteiger partial charge on any atom is -0.373 e. The van der Waals surface area contributed by atoms with Gasteiger partial charge in [0.05, 0.1) is 10.2 Å². The van der Waals surface area contributed by atoms with Gasteiger partial charge in [-0.1, -0.05) is 18.2 Å². The number of rotatable bonds is 3. The fourth-order valence-corrected chi connectivity index (χ4v) is 3.60. The molecule has 0 aliphatic carbocycles. The van der Waals surface area contributed by atoms with Crippen molar-refractivity contribution in [1.82, 2.24) is 9.97 Å². The van der Waals surface area contributed by atoms with Crippen molar-refractivity contribution in [3.63, 3.8) is 0 Å². The van der Waals surface area contributed by atoms with E-state index in [0.29, 0.717) is 0 Å². The maximum atomic E-state index is 4.58. The van der Waals surface area contributed by atoms with Gasteiger partial charge in [-0.25, -0.2) is 9.97 Å². The van der Waals surface area contributed by atoms with Crippen molar-refractivity contribution in [3.8, 4) is 0 Å². The maximum Gasteiger partial charge on any atom is 0.157 e. The summed E-state index contributed by atoms with van der Waals surface area (Å²) in [5.74, 6) is 0.876. The number of pyridine rings is 1. The lowest BCUT2D eigenvalue weighted by molar-refractivity contribution is 1.12. The van der Waals surface area contributed by atoms with Gasteiger partial charge in [0.25, 0.3) is 0 Å². The summed E-state index contributed by atoms with van der Waals surface area (Å²) < 4.78 is 2.24. The molecule has 0 aliphatic rings. The molecule has 3 rings (SSSR count). The molecule has 0 radical (unpaired) electrons. The topological polar surface area (TPSA) is 37.8 Å². The predicted octanol–water partition coefficient (Wildman–Crippen LogP) is 3.88. The number of benzene rings is 1. The Bertz CT molecular complexity index is 646. The van der Waals surface area contributed by atoms with Crippen molar-refractivity contribution in [1.29, 1.82) is 0 Å². The van der Waals surface area contributed by atoms with Gasteiger partial charge in [-0.3, -0.25) is 0 Å². The second kappa shape index (κ2) is 4.96. The molecule has 90 valence electrons. The molecule has 1 N–H and O–H groups in total. The Kier molecular flexibility index (Phi) is 3.17. The highest BCUT2D eigenvalue weighted by molar-refractivity contribution is 8.01. The number of hydrogen-bond donors (Lipinski definition) is 1. The molecule has 0 bridgehead atoms. The number of fused-ring (bicyclic) bond motifs is 1. The fraction of sp³-hybridized carbons (Fsp3) is 0.0769. The normalized spacial score (nSPS) is 10.7. The quantitative estimate of drug-likeness (QED) is 0.785. The summed E-state index contributed by atoms with van der Waals surface area (Å²) >= 11 is 3.30. The SMILES string of the molecule is CNc1cccc(Sc2nc3ccccc3s2)n1. The second-order valence-electron chi connectivity index (χ2n) is 3.66. The third-order valence-corrected chi connectivity index (χ3v) is 4.48. The number of thiazole rings is 1. The van der Waals surface area contributed by atoms with Gasteiger partial charge in [-0.05, 0) is 36.0 Å². The summed E-state index contributed by atoms with van der Waals surface area (Å²) in [5.41, 5.74) is 1.05. The first-order chi connectivity index (χ1) is 8.85. The molecule has 0 saturated heterocycles. The average molecular weight is 273 g/mol. The molecule has 18 heavy (non-hydrogen) atoms. The van der Waals surface area contributed by atoms with Gasteiger partial charge in [-0.2, -0.15) is 0 Å². The van der Waals surface area contributed by atoms with Crippen molar-refractivity contribution in [2.24, 2.45) is 0 Å². The van der Waals surface area contributed by atoms with E-state index >= 15 is 0 Å². The largest absolute Gasteiger partial charge is 0.373 e. The van der Waals surface area contributed by atoms with Gasteiger partial charge >= 0.3 is 0 Å². The number of anilines is 1. The molecule has 0 unspecified atom stereocenters. The first kappa shape index (κ1) is 11.5. The zero-order valence-corrected chi connectivity index (χ0v) is 11.4. The van der Waals surface area contributed by atoms with Crippen LogP contribution in [0.1, 0.15) is 0 Å². The molecule has 2 aromatic heterocycles. The Labute approximate surface area is 113 Å². The van der Waals surface area contributed by atoms with Gasteiger partial charge in [0.15, 0.2) is 4.34 Å². The Morgan fingerprint density at radius 3 is 2.78 bits per heavy atom. The average Bonchev–Trinajstić information content (AvgIpc) is 2.81. The molecule has 0 atom stereocenters. The van der Waals surface area contributed by atoms with Gasteiger partial charge in [0.2, 0.25) is 0 Å². The number of nitrogens with zero attached hydrogens (tertiary/aromatic N) is 2. The summed E-state index contributed by atoms with van der Waals surface area (Å²) in [6.07, 6.45) is 0. The van der Waals surface area contributed by atoms with Crippen LogP contribution in [0.4, 0.5) is 5.82 Å². The van der Waals surface area contributed by atoms with E-state index in [4.69, 9.17) is 0 Å². The molecule has 2 heterocycles. The molecule has 1 aromatic carbocycles. The molecule has 0 fully saturated rings. The van der Waals surface area contributed by atoms with E-state index < -0.39 is 0 Å². The molecule has 5 heteroatoms. The standard InChI is InChI=1S/C13H11N3S2/c1-14-11-7-4-8-12(16-11)18-13-15-9-5-2-3-6-10(9)17-13/h2-8H,1H3,(H,14,16). The minimum atomic E-state index is 0.876. The number of para-hydroxylation sites is 1. The lowest BCUT2D eigenvalue weighted by atomic mass is 10.3. The summed E-state index contributed by atoms with van der Waals surface area (Å²) in [6, 6.07) is 14.1. The second-order valence-corrected chi connectivity index (χ2v) is 5.96. The van der Waals surface area contributed by atoms with Crippen LogP contribution in [0.15, 0.2) is 51.8 Å². The van der Waals surface area contributed by atoms with Crippen LogP contribution < -0.4 is 5.32 Å². The van der Waals surface area contributed by atoms with Crippen molar-refractivity contribution in [2.45, 2.75) is 9.37 Å². The lowest BCUT2D eigenvalue weighted by Crippen LogP contribution is -1.91. The summed E-state index contributed by atoms with van der Waals surface area (Å²) in [7, 11) is 1.87. The molecule has 0 spiro atoms. The zero-order chi connectivity index (χ0) is 12.4. The summed E-state index contributed by atoms with van der Waals surface area (Å²) in [4.78, 5) is 9.06. The number of aromatic nitrogens is 2. The van der Waals surface area contributed by atoms with Crippen LogP contribution in [0.2, 0.25) is 0 Å². The van der Waals surface area contributed by atoms with Crippen molar-refractivity contribution >= 4 is 39.1 Å². The Morgan fingerprint density at radius 1 is 1.06 bits per heavy atom. The van der Waals surface area contributed by atoms with E-state index in [0.717, 1.165) is 20.7 Å². The third kappa shape index (κ3) is 2.32. The molecule has 3 aromatic rings. The lowest BCUT2D eigenvalue weighted by Gasteiger charge is -2.00. The zero-order valence-electron chi connectivity index (χ0n) is 9.75. The Balaban J connectivity index is 1.91. The minimum absolute atomic E-state index is 0.876. The predicted molar refractivity (Wildman–Crippen MR) is 77.5 cm³/mol. The highest BCUT2D eigenvalue weighted by Crippen LogP contribution is 2.33. The van der Waals surface area contributed by atoms with Crippen LogP contribution in [-0.2, 0) is 0 Å². The van der Waals surface area contributed by atoms with Crippen molar-refractivity contribution in [2.75, 3.05) is 12.4 Å². The smallest absolute Gasteiger partial charge is 0.157 e. The van der Waals surface area contributed by atoms with Gasteiger partial charge in [0.1, 0.15) is 10.8 Å². The highest BCUT2D eigenvalue weighted by atomic mass is 32.2. The van der Waals surface area contributed by atoms with E-state index in [1.54, 1.807) is 23.1 Å². The first-order valence-electron chi connectivity index (χ1n) is 5.53. The number of hydrogen-bond acceptors (Lipinski definition) is 5. The van der Waals surface area contributed by atoms with E-state index in [9.17, 15) is 0 Å². The summed E-state index contributed by atoms with van der Waals surface area (Å²) in [5, 5.41) is 4.00. The van der Waals surface area contributed by atoms with E-state index in [-0.39, 0.29) is 0 Å². The van der Waals surface area contributed by atoms with Crippen LogP contribution in [0.25, 0.3) is 10.2 Å². The van der Waals surface area contributed by atoms with Crippen LogP contribution in [0.5, 0.6) is 0 Å². The van der Waals surface area contributed by atoms with Crippen molar-refractivity contribution in [3.05, 3.63) is 42.5 Å². The van der Waals surface area contributed by atoms with Crippen LogP contribution in [-0.4, -0.2) is 17.0 Å². The van der Waals surface area contributed by atoms with Gasteiger partial charge in [0, 0.05) is 7.05 Å². The number of nitrogens with one attached hydrogen (secondary N) is 1. The summed E-state index contributed by atoms with van der Waals surface area (Å²) in [6.45, 7) is 0. The fourth-order valence-electron chi connectivity index (χ4n) is 1.60. The highest BCUT2D eigenvalue weighted by Gasteiger charge is 2.06. The van der Waals surface area contributed by atoms with E-state index in [2.05, 4.69) is 21.4 Å². The van der Waals surface area contributed by atoms with Crippen LogP contribution in [0, 0.1) is 0 Å². The van der Waals surface area contributed by atoms with E-state index in [1.165, 1.54) is 4.70 Å². The molecular formula is C13H11N3S2. The molecule has 0 amide bonds. The first-order valence-corrected chi connectivity index (χ1v) is 7.17. The maximum absolute atomic E-state index is 4.58. The van der Waals surface area contributed by atoms with Gasteiger partial charge in [-0.15, -0.1) is 11.3 Å². The van der Waals surface area contributed by atoms with Crippen LogP contribution in [0.3, 0.4) is 0 Å². The van der Waals surface area contributed by atoms with Gasteiger partial charge < -0.3 is 5.32 Å². The monoisotopic (exact) mass is 273 g/mol. The van der Waals surface area contributed by atoms with Crippen molar-refractivity contribution < 1.29 is 0 Å². The molecule has 0 saturated carbocycles. The molecular weight excluding hydrogens is 262 g/mol. The third-order valence-electron chi connectivity index (χ3n) is 2.45. The molecule has 0 aliphatic heterocycles. The molecule has 3 nitrogen and oxygen atoms in total. The Morgan fingerprint density at radius 2 is 1.94 bits per heavy atom. The Hall–Kier alpha value is -1.59. The van der Waals surface area contributed by atoms with Crippen LogP contribution >= 0.6 is 23.1 Å². The van der Waals surface area contributed by atoms with E-state index in [1.807, 2.05) is 43.4 Å².